The minimum Gasteiger partial charge on any atom is -0.480 e. The predicted octanol–water partition coefficient (Wildman–Crippen LogP) is 1.80. The molecule has 12 heteroatoms. The van der Waals surface area contributed by atoms with Crippen LogP contribution in [0.5, 0.6) is 0 Å². The first-order chi connectivity index (χ1) is 14.3. The first-order valence-electron chi connectivity index (χ1n) is 9.33. The van der Waals surface area contributed by atoms with Crippen LogP contribution in [-0.2, 0) is 14.4 Å². The topological polar surface area (TPSA) is 157 Å². The van der Waals surface area contributed by atoms with Crippen molar-refractivity contribution < 1.29 is 29.1 Å². The number of hydrogen-bond donors (Lipinski definition) is 5. The third kappa shape index (κ3) is 5.32. The monoisotopic (exact) mass is 497 g/mol. The van der Waals surface area contributed by atoms with Gasteiger partial charge in [-0.25, -0.2) is 19.8 Å². The fourth-order valence-electron chi connectivity index (χ4n) is 2.90. The van der Waals surface area contributed by atoms with Gasteiger partial charge in [-0.2, -0.15) is 5.01 Å². The average molecular weight is 498 g/mol. The van der Waals surface area contributed by atoms with Crippen LogP contribution < -0.4 is 21.4 Å². The van der Waals surface area contributed by atoms with Crippen molar-refractivity contribution >= 4 is 51.5 Å². The van der Waals surface area contributed by atoms with Crippen LogP contribution in [0.25, 0.3) is 0 Å². The number of hydrazine groups is 1. The lowest BCUT2D eigenvalue weighted by molar-refractivity contribution is -0.146. The second-order valence-electron chi connectivity index (χ2n) is 7.92. The molecule has 5 N–H and O–H groups in total. The van der Waals surface area contributed by atoms with E-state index in [4.69, 9.17) is 0 Å². The highest BCUT2D eigenvalue weighted by molar-refractivity contribution is 9.10. The molecule has 1 saturated heterocycles. The van der Waals surface area contributed by atoms with E-state index in [2.05, 4.69) is 37.3 Å². The molecule has 0 spiro atoms. The van der Waals surface area contributed by atoms with Crippen molar-refractivity contribution in [2.24, 2.45) is 5.92 Å². The van der Waals surface area contributed by atoms with Gasteiger partial charge in [0.15, 0.2) is 0 Å². The van der Waals surface area contributed by atoms with E-state index in [1.807, 2.05) is 0 Å². The van der Waals surface area contributed by atoms with Gasteiger partial charge in [0.25, 0.3) is 5.91 Å². The number of benzene rings is 1. The predicted molar refractivity (Wildman–Crippen MR) is 114 cm³/mol. The first-order valence-corrected chi connectivity index (χ1v) is 10.1. The molecular weight excluding hydrogens is 474 g/mol. The number of carboxylic acids is 1. The highest BCUT2D eigenvalue weighted by Crippen LogP contribution is 2.29. The smallest absolute Gasteiger partial charge is 0.344 e. The van der Waals surface area contributed by atoms with Crippen LogP contribution >= 0.6 is 15.9 Å². The van der Waals surface area contributed by atoms with Crippen LogP contribution in [0.1, 0.15) is 34.1 Å². The van der Waals surface area contributed by atoms with Gasteiger partial charge < -0.3 is 21.1 Å². The second kappa shape index (κ2) is 8.92. The molecular formula is C19H24BrN5O6. The molecule has 1 fully saturated rings. The number of aliphatic carboxylic acids is 1. The Labute approximate surface area is 187 Å². The Morgan fingerprint density at radius 3 is 2.29 bits per heavy atom. The number of halogens is 1. The SMILES string of the molecule is CC(C)C1(CC(=O)NC(C)(C)C(=O)O)NC(=O)N(NC(=O)Nc2ccc(Br)cc2)C1=O. The van der Waals surface area contributed by atoms with Gasteiger partial charge in [0.2, 0.25) is 5.91 Å². The maximum Gasteiger partial charge on any atom is 0.344 e. The molecule has 1 aliphatic heterocycles. The molecule has 1 aliphatic rings. The Kier molecular flexibility index (Phi) is 6.94. The molecule has 31 heavy (non-hydrogen) atoms. The Balaban J connectivity index is 2.14. The van der Waals surface area contributed by atoms with E-state index in [1.165, 1.54) is 13.8 Å². The summed E-state index contributed by atoms with van der Waals surface area (Å²) in [6, 6.07) is 4.89. The lowest BCUT2D eigenvalue weighted by atomic mass is 9.82. The van der Waals surface area contributed by atoms with Crippen molar-refractivity contribution in [1.82, 2.24) is 21.1 Å². The summed E-state index contributed by atoms with van der Waals surface area (Å²) < 4.78 is 0.804. The zero-order valence-corrected chi connectivity index (χ0v) is 19.0. The molecule has 6 amide bonds. The largest absolute Gasteiger partial charge is 0.480 e. The van der Waals surface area contributed by atoms with Crippen molar-refractivity contribution in [2.45, 2.75) is 45.2 Å². The number of nitrogens with one attached hydrogen (secondary N) is 4. The number of amides is 6. The summed E-state index contributed by atoms with van der Waals surface area (Å²) in [6.45, 7) is 5.84. The Hall–Kier alpha value is -3.15. The van der Waals surface area contributed by atoms with Crippen molar-refractivity contribution in [2.75, 3.05) is 5.32 Å². The summed E-state index contributed by atoms with van der Waals surface area (Å²) >= 11 is 3.27. The molecule has 0 aromatic heterocycles. The van der Waals surface area contributed by atoms with Crippen molar-refractivity contribution in [3.8, 4) is 0 Å². The molecule has 1 aromatic rings. The van der Waals surface area contributed by atoms with Crippen LogP contribution in [-0.4, -0.2) is 51.0 Å². The van der Waals surface area contributed by atoms with Crippen LogP contribution in [0.15, 0.2) is 28.7 Å². The summed E-state index contributed by atoms with van der Waals surface area (Å²) in [5, 5.41) is 17.0. The maximum atomic E-state index is 13.0. The number of carboxylic acid groups (broad SMARTS) is 1. The molecule has 0 saturated carbocycles. The number of urea groups is 2. The molecule has 1 atom stereocenters. The number of carbonyl (C=O) groups is 5. The minimum atomic E-state index is -1.65. The first kappa shape index (κ1) is 24.1. The van der Waals surface area contributed by atoms with E-state index in [0.717, 1.165) is 4.47 Å². The zero-order valence-electron chi connectivity index (χ0n) is 17.4. The number of hydrogen-bond acceptors (Lipinski definition) is 5. The van der Waals surface area contributed by atoms with Crippen molar-refractivity contribution in [3.63, 3.8) is 0 Å². The molecule has 1 heterocycles. The molecule has 1 unspecified atom stereocenters. The van der Waals surface area contributed by atoms with E-state index >= 15 is 0 Å². The van der Waals surface area contributed by atoms with Crippen LogP contribution in [0.3, 0.4) is 0 Å². The van der Waals surface area contributed by atoms with Gasteiger partial charge in [-0.3, -0.25) is 9.59 Å². The fourth-order valence-corrected chi connectivity index (χ4v) is 3.17. The summed E-state index contributed by atoms with van der Waals surface area (Å²) in [6.07, 6.45) is -0.502. The normalized spacial score (nSPS) is 18.6. The Morgan fingerprint density at radius 2 is 1.77 bits per heavy atom. The third-order valence-corrected chi connectivity index (χ3v) is 5.37. The van der Waals surface area contributed by atoms with Gasteiger partial charge in [0.1, 0.15) is 11.1 Å². The highest BCUT2D eigenvalue weighted by atomic mass is 79.9. The number of carbonyl (C=O) groups excluding carboxylic acids is 4. The molecule has 2 rings (SSSR count). The highest BCUT2D eigenvalue weighted by Gasteiger charge is 2.55. The second-order valence-corrected chi connectivity index (χ2v) is 8.84. The summed E-state index contributed by atoms with van der Waals surface area (Å²) in [7, 11) is 0. The van der Waals surface area contributed by atoms with E-state index < -0.39 is 53.3 Å². The zero-order chi connectivity index (χ0) is 23.6. The van der Waals surface area contributed by atoms with Gasteiger partial charge in [-0.15, -0.1) is 0 Å². The van der Waals surface area contributed by atoms with E-state index in [9.17, 15) is 29.1 Å². The van der Waals surface area contributed by atoms with Gasteiger partial charge in [-0.05, 0) is 44.0 Å². The van der Waals surface area contributed by atoms with Gasteiger partial charge >= 0.3 is 18.0 Å². The van der Waals surface area contributed by atoms with Gasteiger partial charge in [-0.1, -0.05) is 29.8 Å². The third-order valence-electron chi connectivity index (χ3n) is 4.84. The fraction of sp³-hybridized carbons (Fsp3) is 0.421. The lowest BCUT2D eigenvalue weighted by Gasteiger charge is -2.31. The Morgan fingerprint density at radius 1 is 1.19 bits per heavy atom. The molecule has 0 radical (unpaired) electrons. The maximum absolute atomic E-state index is 13.0. The minimum absolute atomic E-state index is 0.429. The quantitative estimate of drug-likeness (QED) is 0.361. The molecule has 11 nitrogen and oxygen atoms in total. The lowest BCUT2D eigenvalue weighted by Crippen LogP contribution is -2.58. The Bertz CT molecular complexity index is 917. The van der Waals surface area contributed by atoms with Gasteiger partial charge in [0, 0.05) is 10.2 Å². The summed E-state index contributed by atoms with van der Waals surface area (Å²) in [5.74, 6) is -3.37. The summed E-state index contributed by atoms with van der Waals surface area (Å²) in [4.78, 5) is 61.5. The summed E-state index contributed by atoms with van der Waals surface area (Å²) in [5.41, 5.74) is -0.614. The standard InChI is InChI=1S/C19H24BrN5O6/c1-10(2)19(9-13(26)22-18(3,4)15(28)29)14(27)25(17(31)23-19)24-16(30)21-12-7-5-11(20)6-8-12/h5-8,10H,9H2,1-4H3,(H,22,26)(H,23,31)(H,28,29)(H2,21,24,30). The molecule has 0 aliphatic carbocycles. The van der Waals surface area contributed by atoms with E-state index in [-0.39, 0.29) is 0 Å². The van der Waals surface area contributed by atoms with Crippen LogP contribution in [0.4, 0.5) is 15.3 Å². The van der Waals surface area contributed by atoms with Crippen LogP contribution in [0, 0.1) is 5.92 Å². The number of anilines is 1. The van der Waals surface area contributed by atoms with Crippen LogP contribution in [0.2, 0.25) is 0 Å². The van der Waals surface area contributed by atoms with Gasteiger partial charge in [0.05, 0.1) is 6.42 Å². The number of rotatable bonds is 7. The van der Waals surface area contributed by atoms with E-state index in [1.54, 1.807) is 38.1 Å². The van der Waals surface area contributed by atoms with E-state index in [0.29, 0.717) is 10.7 Å². The van der Waals surface area contributed by atoms with Crippen molar-refractivity contribution in [3.05, 3.63) is 28.7 Å². The molecule has 0 bridgehead atoms. The molecule has 1 aromatic carbocycles. The number of nitrogens with zero attached hydrogens (tertiary/aromatic N) is 1. The number of imide groups is 1. The average Bonchev–Trinajstić information content (AvgIpc) is 2.88. The van der Waals surface area contributed by atoms with Crippen molar-refractivity contribution in [1.29, 1.82) is 0 Å². The molecule has 168 valence electrons.